The number of pyridine rings is 1. The molecule has 0 spiro atoms. The van der Waals surface area contributed by atoms with E-state index in [1.54, 1.807) is 54.6 Å². The normalized spacial score (nSPS) is 10.1. The van der Waals surface area contributed by atoms with Crippen LogP contribution < -0.4 is 20.7 Å². The highest BCUT2D eigenvalue weighted by atomic mass is 16.5. The zero-order valence-corrected chi connectivity index (χ0v) is 19.2. The van der Waals surface area contributed by atoms with Gasteiger partial charge in [0.05, 0.1) is 0 Å². The van der Waals surface area contributed by atoms with Crippen molar-refractivity contribution in [3.8, 4) is 11.5 Å². The maximum Gasteiger partial charge on any atom is 0.323 e. The van der Waals surface area contributed by atoms with E-state index in [1.165, 1.54) is 13.2 Å². The maximum absolute atomic E-state index is 12.3. The molecule has 3 rings (SSSR count). The zero-order valence-electron chi connectivity index (χ0n) is 19.2. The van der Waals surface area contributed by atoms with Gasteiger partial charge in [0.1, 0.15) is 17.2 Å². The Kier molecular flexibility index (Phi) is 8.12. The van der Waals surface area contributed by atoms with Crippen LogP contribution in [0, 0.1) is 0 Å². The van der Waals surface area contributed by atoms with E-state index in [0.717, 1.165) is 11.1 Å². The average molecular weight is 459 g/mol. The zero-order chi connectivity index (χ0) is 24.5. The van der Waals surface area contributed by atoms with Gasteiger partial charge in [0.25, 0.3) is 5.91 Å². The highest BCUT2D eigenvalue weighted by Crippen LogP contribution is 2.23. The van der Waals surface area contributed by atoms with E-state index in [2.05, 4.69) is 20.9 Å². The van der Waals surface area contributed by atoms with Crippen molar-refractivity contribution < 1.29 is 19.1 Å². The third kappa shape index (κ3) is 7.30. The second-order valence-corrected chi connectivity index (χ2v) is 7.72. The molecule has 0 aliphatic carbocycles. The molecule has 0 fully saturated rings. The number of rotatable bonds is 8. The van der Waals surface area contributed by atoms with Gasteiger partial charge in [-0.3, -0.25) is 14.6 Å². The van der Waals surface area contributed by atoms with E-state index in [1.807, 2.05) is 26.0 Å². The maximum atomic E-state index is 12.3. The molecule has 0 saturated carbocycles. The minimum absolute atomic E-state index is 0.0432. The summed E-state index contributed by atoms with van der Waals surface area (Å²) in [5.41, 5.74) is 3.28. The van der Waals surface area contributed by atoms with Crippen LogP contribution in [0.4, 0.5) is 16.2 Å². The molecule has 3 aromatic rings. The number of nitrogens with zero attached hydrogens (tertiary/aromatic N) is 1. The largest absolute Gasteiger partial charge is 0.457 e. The van der Waals surface area contributed by atoms with Crippen LogP contribution in [-0.4, -0.2) is 29.8 Å². The van der Waals surface area contributed by atoms with Crippen molar-refractivity contribution >= 4 is 29.1 Å². The fourth-order valence-corrected chi connectivity index (χ4v) is 3.04. The number of anilines is 2. The average Bonchev–Trinajstić information content (AvgIpc) is 2.80. The first-order valence-corrected chi connectivity index (χ1v) is 10.6. The van der Waals surface area contributed by atoms with Gasteiger partial charge in [-0.25, -0.2) is 4.79 Å². The van der Waals surface area contributed by atoms with Gasteiger partial charge in [0.2, 0.25) is 0 Å². The molecule has 0 radical (unpaired) electrons. The highest BCUT2D eigenvalue weighted by molar-refractivity contribution is 5.99. The molecule has 2 aromatic carbocycles. The van der Waals surface area contributed by atoms with Crippen LogP contribution in [0.5, 0.6) is 11.5 Å². The number of allylic oxidation sites excluding steroid dienone is 2. The molecule has 0 unspecified atom stereocenters. The molecular formula is C26H26N4O4. The van der Waals surface area contributed by atoms with Crippen molar-refractivity contribution in [1.29, 1.82) is 0 Å². The van der Waals surface area contributed by atoms with Crippen molar-refractivity contribution in [1.82, 2.24) is 10.3 Å². The summed E-state index contributed by atoms with van der Waals surface area (Å²) in [4.78, 5) is 39.9. The van der Waals surface area contributed by atoms with Gasteiger partial charge in [-0.15, -0.1) is 0 Å². The lowest BCUT2D eigenvalue weighted by molar-refractivity contribution is -0.114. The Balaban J connectivity index is 1.53. The van der Waals surface area contributed by atoms with Crippen LogP contribution in [0.25, 0.3) is 0 Å². The van der Waals surface area contributed by atoms with E-state index in [9.17, 15) is 14.4 Å². The third-order valence-electron chi connectivity index (χ3n) is 4.58. The Bertz CT molecular complexity index is 1200. The molecule has 0 aliphatic heterocycles. The van der Waals surface area contributed by atoms with E-state index in [4.69, 9.17) is 4.74 Å². The van der Waals surface area contributed by atoms with Crippen LogP contribution in [0.3, 0.4) is 0 Å². The van der Waals surface area contributed by atoms with Crippen LogP contribution >= 0.6 is 0 Å². The summed E-state index contributed by atoms with van der Waals surface area (Å²) >= 11 is 0. The first-order valence-electron chi connectivity index (χ1n) is 10.6. The van der Waals surface area contributed by atoms with Crippen LogP contribution in [0.2, 0.25) is 0 Å². The van der Waals surface area contributed by atoms with Gasteiger partial charge in [0, 0.05) is 37.1 Å². The Morgan fingerprint density at radius 1 is 0.882 bits per heavy atom. The first-order chi connectivity index (χ1) is 16.3. The van der Waals surface area contributed by atoms with Crippen molar-refractivity contribution in [2.24, 2.45) is 0 Å². The molecule has 34 heavy (non-hydrogen) atoms. The summed E-state index contributed by atoms with van der Waals surface area (Å²) < 4.78 is 5.75. The molecule has 0 saturated heterocycles. The summed E-state index contributed by atoms with van der Waals surface area (Å²) in [5, 5.41) is 8.02. The topological polar surface area (TPSA) is 109 Å². The number of ketones is 1. The van der Waals surface area contributed by atoms with Crippen molar-refractivity contribution in [3.63, 3.8) is 0 Å². The van der Waals surface area contributed by atoms with Gasteiger partial charge >= 0.3 is 6.03 Å². The lowest BCUT2D eigenvalue weighted by Gasteiger charge is -2.10. The Labute approximate surface area is 198 Å². The number of urea groups is 1. The molecule has 174 valence electrons. The van der Waals surface area contributed by atoms with Gasteiger partial charge in [0.15, 0.2) is 5.78 Å². The Morgan fingerprint density at radius 3 is 2.09 bits per heavy atom. The predicted molar refractivity (Wildman–Crippen MR) is 131 cm³/mol. The van der Waals surface area contributed by atoms with Gasteiger partial charge in [-0.1, -0.05) is 17.7 Å². The smallest absolute Gasteiger partial charge is 0.323 e. The van der Waals surface area contributed by atoms with Crippen molar-refractivity contribution in [3.05, 3.63) is 89.8 Å². The number of carbonyl (C=O) groups is 3. The number of hydrogen-bond acceptors (Lipinski definition) is 5. The van der Waals surface area contributed by atoms with Crippen molar-refractivity contribution in [2.45, 2.75) is 20.3 Å². The monoisotopic (exact) mass is 458 g/mol. The van der Waals surface area contributed by atoms with Gasteiger partial charge < -0.3 is 20.7 Å². The predicted octanol–water partition coefficient (Wildman–Crippen LogP) is 4.96. The van der Waals surface area contributed by atoms with E-state index in [-0.39, 0.29) is 17.4 Å². The quantitative estimate of drug-likeness (QED) is 0.414. The summed E-state index contributed by atoms with van der Waals surface area (Å²) in [6, 6.07) is 16.7. The minimum atomic E-state index is -0.397. The van der Waals surface area contributed by atoms with E-state index >= 15 is 0 Å². The number of aromatic nitrogens is 1. The molecule has 0 bridgehead atoms. The Morgan fingerprint density at radius 2 is 1.50 bits per heavy atom. The summed E-state index contributed by atoms with van der Waals surface area (Å²) in [7, 11) is 1.53. The molecule has 0 atom stereocenters. The fourth-order valence-electron chi connectivity index (χ4n) is 3.04. The van der Waals surface area contributed by atoms with Crippen LogP contribution in [0.15, 0.2) is 78.5 Å². The summed E-state index contributed by atoms with van der Waals surface area (Å²) in [5.74, 6) is 0.751. The SMILES string of the molecule is CNC(=O)c1cc(Oc2ccc(NC(=O)Nc3ccc(CC(=O)C=C(C)C)cc3)cc2)ccn1. The number of nitrogens with one attached hydrogen (secondary N) is 3. The second kappa shape index (κ2) is 11.4. The van der Waals surface area contributed by atoms with Gasteiger partial charge in [-0.05, 0) is 68.0 Å². The van der Waals surface area contributed by atoms with E-state index in [0.29, 0.717) is 29.3 Å². The highest BCUT2D eigenvalue weighted by Gasteiger charge is 2.08. The molecule has 8 heteroatoms. The third-order valence-corrected chi connectivity index (χ3v) is 4.58. The molecule has 3 N–H and O–H groups in total. The molecule has 1 aromatic heterocycles. The number of hydrogen-bond donors (Lipinski definition) is 3. The summed E-state index contributed by atoms with van der Waals surface area (Å²) in [6.07, 6.45) is 3.43. The number of amides is 3. The number of ether oxygens (including phenoxy) is 1. The van der Waals surface area contributed by atoms with Crippen LogP contribution in [0.1, 0.15) is 29.9 Å². The second-order valence-electron chi connectivity index (χ2n) is 7.72. The first kappa shape index (κ1) is 24.2. The lowest BCUT2D eigenvalue weighted by Crippen LogP contribution is -2.19. The van der Waals surface area contributed by atoms with E-state index < -0.39 is 6.03 Å². The molecule has 3 amide bonds. The molecule has 8 nitrogen and oxygen atoms in total. The molecule has 1 heterocycles. The molecule has 0 aliphatic rings. The summed E-state index contributed by atoms with van der Waals surface area (Å²) in [6.45, 7) is 3.77. The van der Waals surface area contributed by atoms with Crippen molar-refractivity contribution in [2.75, 3.05) is 17.7 Å². The number of benzene rings is 2. The lowest BCUT2D eigenvalue weighted by atomic mass is 10.1. The number of carbonyl (C=O) groups excluding carboxylic acids is 3. The van der Waals surface area contributed by atoms with Gasteiger partial charge in [-0.2, -0.15) is 0 Å². The minimum Gasteiger partial charge on any atom is -0.457 e. The standard InChI is InChI=1S/C26H26N4O4/c1-17(2)14-21(31)15-18-4-6-19(7-5-18)29-26(33)30-20-8-10-22(11-9-20)34-23-12-13-28-24(16-23)25(32)27-3/h4-14,16H,15H2,1-3H3,(H,27,32)(H2,29,30,33). The Hall–Kier alpha value is -4.46. The van der Waals surface area contributed by atoms with Crippen LogP contribution in [-0.2, 0) is 11.2 Å². The fraction of sp³-hybridized carbons (Fsp3) is 0.154. The molecular weight excluding hydrogens is 432 g/mol.